The smallest absolute Gasteiger partial charge is 0.411 e. The fourth-order valence-corrected chi connectivity index (χ4v) is 3.78. The Kier molecular flexibility index (Phi) is 6.30. The Balaban J connectivity index is 2.42. The first kappa shape index (κ1) is 20.9. The molecule has 9 nitrogen and oxygen atoms in total. The van der Waals surface area contributed by atoms with Gasteiger partial charge in [0, 0.05) is 23.8 Å². The standard InChI is InChI=1S/C17H25N3O6S/c1-17(2,3)26-16(23)20-7-10(11-8-27-15(18)19-11)9(6-12(21)24-4)13(20)14(22)25-5/h8-10,13H,6-7H2,1-5H3,(H2,18,19)/t9-,10+,13-/m0/s1. The van der Waals surface area contributed by atoms with E-state index < -0.39 is 35.6 Å². The summed E-state index contributed by atoms with van der Waals surface area (Å²) in [5, 5.41) is 2.13. The number of esters is 2. The Morgan fingerprint density at radius 3 is 2.44 bits per heavy atom. The second kappa shape index (κ2) is 8.12. The summed E-state index contributed by atoms with van der Waals surface area (Å²) >= 11 is 1.25. The van der Waals surface area contributed by atoms with Crippen LogP contribution in [-0.2, 0) is 23.8 Å². The first-order valence-corrected chi connectivity index (χ1v) is 9.30. The molecule has 1 aromatic heterocycles. The van der Waals surface area contributed by atoms with Crippen LogP contribution in [0.4, 0.5) is 9.93 Å². The molecule has 1 saturated heterocycles. The fourth-order valence-electron chi connectivity index (χ4n) is 3.16. The monoisotopic (exact) mass is 399 g/mol. The molecule has 1 aromatic rings. The summed E-state index contributed by atoms with van der Waals surface area (Å²) in [4.78, 5) is 42.7. The van der Waals surface area contributed by atoms with Crippen LogP contribution in [0.3, 0.4) is 0 Å². The Hall–Kier alpha value is -2.36. The summed E-state index contributed by atoms with van der Waals surface area (Å²) < 4.78 is 15.1. The van der Waals surface area contributed by atoms with Crippen LogP contribution in [0, 0.1) is 5.92 Å². The third-order valence-electron chi connectivity index (χ3n) is 4.27. The van der Waals surface area contributed by atoms with Crippen molar-refractivity contribution >= 4 is 34.5 Å². The third-order valence-corrected chi connectivity index (χ3v) is 4.96. The summed E-state index contributed by atoms with van der Waals surface area (Å²) in [5.74, 6) is -2.07. The number of amides is 1. The summed E-state index contributed by atoms with van der Waals surface area (Å²) in [6.07, 6.45) is -0.726. The topological polar surface area (TPSA) is 121 Å². The summed E-state index contributed by atoms with van der Waals surface area (Å²) in [6, 6.07) is -0.989. The molecule has 2 rings (SSSR count). The van der Waals surface area contributed by atoms with E-state index in [0.29, 0.717) is 10.8 Å². The molecule has 0 aromatic carbocycles. The van der Waals surface area contributed by atoms with Gasteiger partial charge in [0.15, 0.2) is 5.13 Å². The van der Waals surface area contributed by atoms with Gasteiger partial charge in [-0.3, -0.25) is 9.69 Å². The number of carbonyl (C=O) groups is 3. The number of aromatic nitrogens is 1. The molecule has 1 aliphatic heterocycles. The number of nitrogen functional groups attached to an aromatic ring is 1. The number of rotatable bonds is 4. The number of ether oxygens (including phenoxy) is 3. The van der Waals surface area contributed by atoms with Crippen molar-refractivity contribution in [3.8, 4) is 0 Å². The van der Waals surface area contributed by atoms with E-state index in [-0.39, 0.29) is 18.9 Å². The summed E-state index contributed by atoms with van der Waals surface area (Å²) in [5.41, 5.74) is 5.62. The number of nitrogens with zero attached hydrogens (tertiary/aromatic N) is 2. The molecule has 1 fully saturated rings. The Morgan fingerprint density at radius 2 is 1.96 bits per heavy atom. The van der Waals surface area contributed by atoms with Gasteiger partial charge in [-0.05, 0) is 20.8 Å². The molecule has 3 atom stereocenters. The summed E-state index contributed by atoms with van der Waals surface area (Å²) in [7, 11) is 2.50. The molecule has 0 aliphatic carbocycles. The highest BCUT2D eigenvalue weighted by molar-refractivity contribution is 7.13. The van der Waals surface area contributed by atoms with Crippen molar-refractivity contribution in [1.82, 2.24) is 9.88 Å². The molecule has 2 N–H and O–H groups in total. The lowest BCUT2D eigenvalue weighted by molar-refractivity contribution is -0.148. The van der Waals surface area contributed by atoms with E-state index in [1.807, 2.05) is 0 Å². The molecule has 0 unspecified atom stereocenters. The van der Waals surface area contributed by atoms with Crippen molar-refractivity contribution in [2.45, 2.75) is 44.8 Å². The van der Waals surface area contributed by atoms with Gasteiger partial charge >= 0.3 is 18.0 Å². The van der Waals surface area contributed by atoms with E-state index in [9.17, 15) is 14.4 Å². The third kappa shape index (κ3) is 4.88. The van der Waals surface area contributed by atoms with Crippen LogP contribution in [0.1, 0.15) is 38.8 Å². The predicted molar refractivity (Wildman–Crippen MR) is 98.1 cm³/mol. The van der Waals surface area contributed by atoms with Crippen molar-refractivity contribution in [3.05, 3.63) is 11.1 Å². The highest BCUT2D eigenvalue weighted by Crippen LogP contribution is 2.41. The van der Waals surface area contributed by atoms with E-state index in [1.165, 1.54) is 30.5 Å². The Bertz CT molecular complexity index is 714. The predicted octanol–water partition coefficient (Wildman–Crippen LogP) is 1.78. The SMILES string of the molecule is COC(=O)C[C@@H]1[C@@H](C(=O)OC)N(C(=O)OC(C)(C)C)C[C@H]1c1csc(N)n1. The maximum Gasteiger partial charge on any atom is 0.411 e. The lowest BCUT2D eigenvalue weighted by Crippen LogP contribution is -2.46. The normalized spacial score (nSPS) is 22.4. The highest BCUT2D eigenvalue weighted by Gasteiger charge is 2.51. The van der Waals surface area contributed by atoms with Crippen molar-refractivity contribution < 1.29 is 28.6 Å². The molecule has 0 saturated carbocycles. The number of nitrogens with two attached hydrogens (primary N) is 1. The number of hydrogen-bond acceptors (Lipinski definition) is 9. The zero-order chi connectivity index (χ0) is 20.4. The van der Waals surface area contributed by atoms with Gasteiger partial charge in [-0.25, -0.2) is 14.6 Å². The van der Waals surface area contributed by atoms with Crippen LogP contribution in [0.25, 0.3) is 0 Å². The van der Waals surface area contributed by atoms with E-state index in [4.69, 9.17) is 19.9 Å². The van der Waals surface area contributed by atoms with Crippen LogP contribution in [0.5, 0.6) is 0 Å². The number of hydrogen-bond donors (Lipinski definition) is 1. The van der Waals surface area contributed by atoms with Gasteiger partial charge in [0.25, 0.3) is 0 Å². The highest BCUT2D eigenvalue weighted by atomic mass is 32.1. The maximum absolute atomic E-state index is 12.7. The number of methoxy groups -OCH3 is 2. The van der Waals surface area contributed by atoms with Gasteiger partial charge in [0.1, 0.15) is 11.6 Å². The van der Waals surface area contributed by atoms with Crippen LogP contribution in [-0.4, -0.2) is 60.3 Å². The second-order valence-electron chi connectivity index (χ2n) is 7.26. The zero-order valence-corrected chi connectivity index (χ0v) is 16.9. The fraction of sp³-hybridized carbons (Fsp3) is 0.647. The van der Waals surface area contributed by atoms with Crippen molar-refractivity contribution in [1.29, 1.82) is 0 Å². The largest absolute Gasteiger partial charge is 0.469 e. The lowest BCUT2D eigenvalue weighted by Gasteiger charge is -2.28. The van der Waals surface area contributed by atoms with Gasteiger partial charge in [0.2, 0.25) is 0 Å². The van der Waals surface area contributed by atoms with Crippen LogP contribution in [0.15, 0.2) is 5.38 Å². The van der Waals surface area contributed by atoms with Gasteiger partial charge in [-0.2, -0.15) is 0 Å². The zero-order valence-electron chi connectivity index (χ0n) is 16.1. The minimum atomic E-state index is -0.989. The quantitative estimate of drug-likeness (QED) is 0.601. The first-order chi connectivity index (χ1) is 12.6. The second-order valence-corrected chi connectivity index (χ2v) is 8.15. The van der Waals surface area contributed by atoms with Crippen LogP contribution >= 0.6 is 11.3 Å². The first-order valence-electron chi connectivity index (χ1n) is 8.42. The van der Waals surface area contributed by atoms with Gasteiger partial charge < -0.3 is 19.9 Å². The van der Waals surface area contributed by atoms with E-state index in [1.54, 1.807) is 26.2 Å². The average Bonchev–Trinajstić information content (AvgIpc) is 3.16. The lowest BCUT2D eigenvalue weighted by atomic mass is 9.86. The van der Waals surface area contributed by atoms with E-state index >= 15 is 0 Å². The molecular formula is C17H25N3O6S. The van der Waals surface area contributed by atoms with Gasteiger partial charge in [-0.1, -0.05) is 0 Å². The molecular weight excluding hydrogens is 374 g/mol. The number of likely N-dealkylation sites (tertiary alicyclic amines) is 1. The molecule has 0 bridgehead atoms. The van der Waals surface area contributed by atoms with Crippen molar-refractivity contribution in [2.75, 3.05) is 26.5 Å². The summed E-state index contributed by atoms with van der Waals surface area (Å²) in [6.45, 7) is 5.36. The van der Waals surface area contributed by atoms with E-state index in [2.05, 4.69) is 4.98 Å². The van der Waals surface area contributed by atoms with Gasteiger partial charge in [0.05, 0.1) is 26.3 Å². The molecule has 1 aliphatic rings. The maximum atomic E-state index is 12.7. The van der Waals surface area contributed by atoms with E-state index in [0.717, 1.165) is 0 Å². The van der Waals surface area contributed by atoms with Crippen LogP contribution in [0.2, 0.25) is 0 Å². The molecule has 0 spiro atoms. The minimum absolute atomic E-state index is 0.0718. The molecule has 2 heterocycles. The van der Waals surface area contributed by atoms with Crippen molar-refractivity contribution in [3.63, 3.8) is 0 Å². The number of carbonyl (C=O) groups excluding carboxylic acids is 3. The average molecular weight is 399 g/mol. The number of anilines is 1. The molecule has 0 radical (unpaired) electrons. The molecule has 10 heteroatoms. The Labute approximate surface area is 161 Å². The minimum Gasteiger partial charge on any atom is -0.469 e. The Morgan fingerprint density at radius 1 is 1.30 bits per heavy atom. The van der Waals surface area contributed by atoms with Crippen molar-refractivity contribution in [2.24, 2.45) is 5.92 Å². The molecule has 1 amide bonds. The molecule has 27 heavy (non-hydrogen) atoms. The van der Waals surface area contributed by atoms with Crippen LogP contribution < -0.4 is 5.73 Å². The van der Waals surface area contributed by atoms with Gasteiger partial charge in [-0.15, -0.1) is 11.3 Å². The molecule has 150 valence electrons. The number of thiazole rings is 1.